The van der Waals surface area contributed by atoms with Crippen molar-refractivity contribution >= 4 is 5.91 Å². The lowest BCUT2D eigenvalue weighted by Crippen LogP contribution is -2.25. The van der Waals surface area contributed by atoms with Crippen LogP contribution in [-0.2, 0) is 22.7 Å². The zero-order chi connectivity index (χ0) is 13.7. The molecule has 19 heavy (non-hydrogen) atoms. The summed E-state index contributed by atoms with van der Waals surface area (Å²) in [5.74, 6) is 0.445. The van der Waals surface area contributed by atoms with Crippen LogP contribution in [0.15, 0.2) is 34.9 Å². The molecule has 2 rings (SSSR count). The third-order valence-corrected chi connectivity index (χ3v) is 2.79. The second-order valence-corrected chi connectivity index (χ2v) is 4.28. The zero-order valence-corrected chi connectivity index (χ0v) is 11.0. The van der Waals surface area contributed by atoms with Gasteiger partial charge < -0.3 is 4.52 Å². The normalized spacial score (nSPS) is 10.4. The van der Waals surface area contributed by atoms with Gasteiger partial charge in [0.25, 0.3) is 0 Å². The average Bonchev–Trinajstić information content (AvgIpc) is 2.72. The van der Waals surface area contributed by atoms with Crippen LogP contribution in [0.2, 0.25) is 0 Å². The Morgan fingerprint density at radius 2 is 2.05 bits per heavy atom. The quantitative estimate of drug-likeness (QED) is 0.836. The summed E-state index contributed by atoms with van der Waals surface area (Å²) in [7, 11) is 0. The first-order valence-corrected chi connectivity index (χ1v) is 6.03. The molecule has 1 amide bonds. The molecule has 5 nitrogen and oxygen atoms in total. The maximum atomic E-state index is 11.7. The number of nitrogens with zero attached hydrogens (tertiary/aromatic N) is 1. The Labute approximate surface area is 111 Å². The number of aromatic nitrogens is 1. The van der Waals surface area contributed by atoms with E-state index >= 15 is 0 Å². The van der Waals surface area contributed by atoms with Gasteiger partial charge in [0.2, 0.25) is 5.91 Å². The van der Waals surface area contributed by atoms with Crippen LogP contribution < -0.4 is 5.48 Å². The van der Waals surface area contributed by atoms with Crippen LogP contribution in [0.3, 0.4) is 0 Å². The lowest BCUT2D eigenvalue weighted by molar-refractivity contribution is -0.133. The minimum Gasteiger partial charge on any atom is -0.361 e. The van der Waals surface area contributed by atoms with E-state index in [1.54, 1.807) is 6.92 Å². The summed E-state index contributed by atoms with van der Waals surface area (Å²) < 4.78 is 5.00. The van der Waals surface area contributed by atoms with E-state index in [2.05, 4.69) is 10.6 Å². The molecule has 2 aromatic rings. The van der Waals surface area contributed by atoms with E-state index in [4.69, 9.17) is 9.36 Å². The topological polar surface area (TPSA) is 64.4 Å². The second-order valence-electron chi connectivity index (χ2n) is 4.28. The molecule has 0 aliphatic carbocycles. The van der Waals surface area contributed by atoms with E-state index in [1.807, 2.05) is 37.3 Å². The van der Waals surface area contributed by atoms with Crippen molar-refractivity contribution in [1.29, 1.82) is 0 Å². The Morgan fingerprint density at radius 3 is 2.68 bits per heavy atom. The monoisotopic (exact) mass is 260 g/mol. The molecule has 0 spiro atoms. The predicted molar refractivity (Wildman–Crippen MR) is 69.1 cm³/mol. The molecule has 1 aromatic heterocycles. The first kappa shape index (κ1) is 13.3. The largest absolute Gasteiger partial charge is 0.361 e. The maximum absolute atomic E-state index is 11.7. The molecule has 1 N–H and O–H groups in total. The van der Waals surface area contributed by atoms with Crippen LogP contribution >= 0.6 is 0 Å². The molecular weight excluding hydrogens is 244 g/mol. The average molecular weight is 260 g/mol. The first-order valence-electron chi connectivity index (χ1n) is 6.03. The smallest absolute Gasteiger partial charge is 0.248 e. The summed E-state index contributed by atoms with van der Waals surface area (Å²) >= 11 is 0. The molecule has 1 aromatic carbocycles. The number of nitrogens with one attached hydrogen (secondary N) is 1. The highest BCUT2D eigenvalue weighted by Gasteiger charge is 2.13. The third kappa shape index (κ3) is 3.66. The zero-order valence-electron chi connectivity index (χ0n) is 11.0. The van der Waals surface area contributed by atoms with Gasteiger partial charge in [-0.25, -0.2) is 5.48 Å². The molecule has 0 aliphatic rings. The molecule has 0 fully saturated rings. The van der Waals surface area contributed by atoms with E-state index in [-0.39, 0.29) is 12.3 Å². The molecule has 100 valence electrons. The fourth-order valence-corrected chi connectivity index (χ4v) is 1.73. The number of hydroxylamine groups is 1. The van der Waals surface area contributed by atoms with Gasteiger partial charge >= 0.3 is 0 Å². The minimum atomic E-state index is -0.217. The molecule has 0 bridgehead atoms. The van der Waals surface area contributed by atoms with Gasteiger partial charge in [-0.15, -0.1) is 0 Å². The molecular formula is C14H16N2O3. The van der Waals surface area contributed by atoms with Gasteiger partial charge in [0.15, 0.2) is 0 Å². The summed E-state index contributed by atoms with van der Waals surface area (Å²) in [6, 6.07) is 9.63. The Morgan fingerprint density at radius 1 is 1.32 bits per heavy atom. The highest BCUT2D eigenvalue weighted by atomic mass is 16.6. The summed E-state index contributed by atoms with van der Waals surface area (Å²) in [5, 5.41) is 3.80. The van der Waals surface area contributed by atoms with E-state index < -0.39 is 0 Å². The van der Waals surface area contributed by atoms with Crippen LogP contribution in [0.1, 0.15) is 22.6 Å². The molecule has 1 heterocycles. The van der Waals surface area contributed by atoms with Crippen molar-refractivity contribution in [2.45, 2.75) is 26.9 Å². The van der Waals surface area contributed by atoms with Crippen LogP contribution in [0.25, 0.3) is 0 Å². The lowest BCUT2D eigenvalue weighted by atomic mass is 10.1. The van der Waals surface area contributed by atoms with Gasteiger partial charge in [0.1, 0.15) is 5.76 Å². The Hall–Kier alpha value is -2.14. The van der Waals surface area contributed by atoms with Gasteiger partial charge in [-0.2, -0.15) is 0 Å². The standard InChI is InChI=1S/C14H16N2O3/c1-10-13(11(2)19-15-10)8-14(17)16-18-9-12-6-4-3-5-7-12/h3-7H,8-9H2,1-2H3,(H,16,17). The van der Waals surface area contributed by atoms with Crippen molar-refractivity contribution in [3.63, 3.8) is 0 Å². The molecule has 0 saturated heterocycles. The molecule has 0 unspecified atom stereocenters. The highest BCUT2D eigenvalue weighted by Crippen LogP contribution is 2.12. The van der Waals surface area contributed by atoms with Crippen LogP contribution in [-0.4, -0.2) is 11.1 Å². The van der Waals surface area contributed by atoms with Gasteiger partial charge in [0.05, 0.1) is 18.7 Å². The number of carbonyl (C=O) groups is 1. The van der Waals surface area contributed by atoms with Crippen LogP contribution in [0.5, 0.6) is 0 Å². The second kappa shape index (κ2) is 6.15. The minimum absolute atomic E-state index is 0.204. The maximum Gasteiger partial charge on any atom is 0.248 e. The Bertz CT molecular complexity index is 530. The summed E-state index contributed by atoms with van der Waals surface area (Å²) in [6.45, 7) is 3.94. The molecule has 0 aliphatic heterocycles. The summed E-state index contributed by atoms with van der Waals surface area (Å²) in [6.07, 6.45) is 0.204. The van der Waals surface area contributed by atoms with Crippen molar-refractivity contribution in [2.24, 2.45) is 0 Å². The highest BCUT2D eigenvalue weighted by molar-refractivity contribution is 5.77. The summed E-state index contributed by atoms with van der Waals surface area (Å²) in [4.78, 5) is 16.9. The lowest BCUT2D eigenvalue weighted by Gasteiger charge is -2.05. The Kier molecular flexibility index (Phi) is 4.30. The van der Waals surface area contributed by atoms with Gasteiger partial charge in [-0.3, -0.25) is 9.63 Å². The number of hydrogen-bond donors (Lipinski definition) is 1. The molecule has 5 heteroatoms. The number of hydrogen-bond acceptors (Lipinski definition) is 4. The van der Waals surface area contributed by atoms with Crippen molar-refractivity contribution in [3.05, 3.63) is 52.9 Å². The molecule has 0 radical (unpaired) electrons. The number of aryl methyl sites for hydroxylation is 2. The summed E-state index contributed by atoms with van der Waals surface area (Å²) in [5.41, 5.74) is 4.95. The number of benzene rings is 1. The van der Waals surface area contributed by atoms with Gasteiger partial charge in [-0.05, 0) is 19.4 Å². The van der Waals surface area contributed by atoms with Crippen molar-refractivity contribution < 1.29 is 14.2 Å². The van der Waals surface area contributed by atoms with Crippen molar-refractivity contribution in [2.75, 3.05) is 0 Å². The van der Waals surface area contributed by atoms with Gasteiger partial charge in [0, 0.05) is 5.56 Å². The fourth-order valence-electron chi connectivity index (χ4n) is 1.73. The molecule has 0 saturated carbocycles. The third-order valence-electron chi connectivity index (χ3n) is 2.79. The van der Waals surface area contributed by atoms with E-state index in [0.717, 1.165) is 16.8 Å². The number of carbonyl (C=O) groups excluding carboxylic acids is 1. The predicted octanol–water partition coefficient (Wildman–Crippen LogP) is 2.08. The van der Waals surface area contributed by atoms with E-state index in [1.165, 1.54) is 0 Å². The van der Waals surface area contributed by atoms with Crippen LogP contribution in [0, 0.1) is 13.8 Å². The van der Waals surface area contributed by atoms with Crippen molar-refractivity contribution in [1.82, 2.24) is 10.6 Å². The van der Waals surface area contributed by atoms with Crippen LogP contribution in [0.4, 0.5) is 0 Å². The van der Waals surface area contributed by atoms with Crippen molar-refractivity contribution in [3.8, 4) is 0 Å². The van der Waals surface area contributed by atoms with E-state index in [9.17, 15) is 4.79 Å². The number of amides is 1. The fraction of sp³-hybridized carbons (Fsp3) is 0.286. The van der Waals surface area contributed by atoms with E-state index in [0.29, 0.717) is 12.4 Å². The van der Waals surface area contributed by atoms with Gasteiger partial charge in [-0.1, -0.05) is 35.5 Å². The Balaban J connectivity index is 1.79. The number of rotatable bonds is 5. The molecule has 0 atom stereocenters. The first-order chi connectivity index (χ1) is 9.16. The SMILES string of the molecule is Cc1noc(C)c1CC(=O)NOCc1ccccc1.